The summed E-state index contributed by atoms with van der Waals surface area (Å²) < 4.78 is 2.19. The zero-order chi connectivity index (χ0) is 19.0. The van der Waals surface area contributed by atoms with E-state index in [4.69, 9.17) is 6.42 Å². The fourth-order valence-corrected chi connectivity index (χ4v) is 1.33. The van der Waals surface area contributed by atoms with Crippen LogP contribution in [0.25, 0.3) is 0 Å². The van der Waals surface area contributed by atoms with Gasteiger partial charge in [-0.25, -0.2) is 0 Å². The number of nitrogens with zero attached hydrogens (tertiary/aromatic N) is 1. The Hall–Kier alpha value is -1.60. The summed E-state index contributed by atoms with van der Waals surface area (Å²) in [5.41, 5.74) is 0.520. The summed E-state index contributed by atoms with van der Waals surface area (Å²) in [5, 5.41) is 0. The Kier molecular flexibility index (Phi) is 8.43. The number of aromatic nitrogens is 1. The predicted molar refractivity (Wildman–Crippen MR) is 108 cm³/mol. The summed E-state index contributed by atoms with van der Waals surface area (Å²) in [6.45, 7) is 19.0. The van der Waals surface area contributed by atoms with Gasteiger partial charge in [-0.05, 0) is 87.3 Å². The van der Waals surface area contributed by atoms with Gasteiger partial charge in [0.25, 0.3) is 0 Å². The van der Waals surface area contributed by atoms with Crippen molar-refractivity contribution in [1.29, 1.82) is 0 Å². The minimum atomic E-state index is 0.0694. The van der Waals surface area contributed by atoms with Crippen LogP contribution >= 0.6 is 0 Å². The smallest absolute Gasteiger partial charge is 0.0355 e. The highest BCUT2D eigenvalue weighted by atomic mass is 15.0. The van der Waals surface area contributed by atoms with Crippen molar-refractivity contribution in [3.05, 3.63) is 24.5 Å². The SMILES string of the molecule is C#CC(C)(C)C.CC(C)(C)C#CC1CC1.CC(C)(C)n1cccc1. The molecular weight excluding hydrogens is 290 g/mol. The van der Waals surface area contributed by atoms with Crippen LogP contribution in [0, 0.1) is 40.9 Å². The molecule has 1 aliphatic rings. The lowest BCUT2D eigenvalue weighted by Crippen LogP contribution is -2.19. The monoisotopic (exact) mass is 327 g/mol. The van der Waals surface area contributed by atoms with Crippen molar-refractivity contribution in [2.45, 2.75) is 80.7 Å². The van der Waals surface area contributed by atoms with E-state index >= 15 is 0 Å². The van der Waals surface area contributed by atoms with Gasteiger partial charge in [0.1, 0.15) is 0 Å². The Labute approximate surface area is 151 Å². The average molecular weight is 328 g/mol. The molecule has 0 aromatic carbocycles. The highest BCUT2D eigenvalue weighted by molar-refractivity contribution is 5.13. The maximum absolute atomic E-state index is 5.06. The number of terminal acetylenes is 1. The molecule has 0 spiro atoms. The molecule has 0 unspecified atom stereocenters. The van der Waals surface area contributed by atoms with E-state index < -0.39 is 0 Å². The molecule has 1 aromatic rings. The second-order valence-corrected chi connectivity index (χ2v) is 9.45. The van der Waals surface area contributed by atoms with Crippen LogP contribution in [0.1, 0.15) is 75.2 Å². The normalized spacial score (nSPS) is 14.0. The fourth-order valence-electron chi connectivity index (χ4n) is 1.33. The number of rotatable bonds is 0. The van der Waals surface area contributed by atoms with E-state index in [0.717, 1.165) is 5.92 Å². The Morgan fingerprint density at radius 1 is 0.833 bits per heavy atom. The van der Waals surface area contributed by atoms with Crippen LogP contribution in [0.2, 0.25) is 0 Å². The number of hydrogen-bond acceptors (Lipinski definition) is 0. The van der Waals surface area contributed by atoms with Crippen LogP contribution in [0.4, 0.5) is 0 Å². The van der Waals surface area contributed by atoms with Gasteiger partial charge in [-0.3, -0.25) is 0 Å². The molecule has 0 aliphatic heterocycles. The van der Waals surface area contributed by atoms with Gasteiger partial charge in [-0.2, -0.15) is 0 Å². The molecule has 24 heavy (non-hydrogen) atoms. The molecule has 0 saturated heterocycles. The summed E-state index contributed by atoms with van der Waals surface area (Å²) in [5.74, 6) is 9.84. The standard InChI is InChI=1S/C9H14.C8H13N.C6H10/c1-9(2,3)7-6-8-4-5-8;1-8(2,3)9-6-4-5-7-9;1-5-6(2,3)4/h8H,4-5H2,1-3H3;4-7H,1-3H3;1H,2-4H3. The van der Waals surface area contributed by atoms with Gasteiger partial charge in [0.2, 0.25) is 0 Å². The summed E-state index contributed by atoms with van der Waals surface area (Å²) in [6.07, 6.45) is 11.9. The van der Waals surface area contributed by atoms with Crippen molar-refractivity contribution in [1.82, 2.24) is 4.57 Å². The van der Waals surface area contributed by atoms with Crippen molar-refractivity contribution >= 4 is 0 Å². The van der Waals surface area contributed by atoms with Gasteiger partial charge in [0.15, 0.2) is 0 Å². The lowest BCUT2D eigenvalue weighted by atomic mass is 9.98. The molecule has 1 aliphatic carbocycles. The Morgan fingerprint density at radius 2 is 1.25 bits per heavy atom. The second-order valence-electron chi connectivity index (χ2n) is 9.45. The van der Waals surface area contributed by atoms with Gasteiger partial charge in [-0.1, -0.05) is 11.8 Å². The minimum Gasteiger partial charge on any atom is -0.349 e. The van der Waals surface area contributed by atoms with Crippen molar-refractivity contribution in [2.75, 3.05) is 0 Å². The summed E-state index contributed by atoms with van der Waals surface area (Å²) in [4.78, 5) is 0. The first-order valence-corrected chi connectivity index (χ1v) is 8.88. The van der Waals surface area contributed by atoms with E-state index in [9.17, 15) is 0 Å². The third kappa shape index (κ3) is 14.0. The summed E-state index contributed by atoms with van der Waals surface area (Å²) in [7, 11) is 0. The molecule has 0 bridgehead atoms. The third-order valence-corrected chi connectivity index (χ3v) is 3.04. The van der Waals surface area contributed by atoms with E-state index in [1.807, 2.05) is 32.9 Å². The highest BCUT2D eigenvalue weighted by Gasteiger charge is 2.18. The average Bonchev–Trinajstić information content (AvgIpc) is 3.06. The van der Waals surface area contributed by atoms with Crippen molar-refractivity contribution in [2.24, 2.45) is 16.7 Å². The van der Waals surface area contributed by atoms with E-state index in [2.05, 4.69) is 76.3 Å². The van der Waals surface area contributed by atoms with E-state index in [1.54, 1.807) is 0 Å². The van der Waals surface area contributed by atoms with Gasteiger partial charge < -0.3 is 4.57 Å². The Balaban J connectivity index is 0.000000340. The van der Waals surface area contributed by atoms with Crippen LogP contribution < -0.4 is 0 Å². The molecule has 134 valence electrons. The van der Waals surface area contributed by atoms with Gasteiger partial charge in [-0.15, -0.1) is 12.3 Å². The third-order valence-electron chi connectivity index (χ3n) is 3.04. The molecule has 0 amide bonds. The minimum absolute atomic E-state index is 0.0694. The lowest BCUT2D eigenvalue weighted by Gasteiger charge is -2.20. The molecule has 1 fully saturated rings. The molecule has 1 saturated carbocycles. The van der Waals surface area contributed by atoms with Crippen molar-refractivity contribution in [3.8, 4) is 24.2 Å². The fraction of sp³-hybridized carbons (Fsp3) is 0.652. The van der Waals surface area contributed by atoms with Crippen LogP contribution in [0.3, 0.4) is 0 Å². The highest BCUT2D eigenvalue weighted by Crippen LogP contribution is 2.28. The Morgan fingerprint density at radius 3 is 1.46 bits per heavy atom. The van der Waals surface area contributed by atoms with Crippen LogP contribution in [-0.2, 0) is 5.54 Å². The van der Waals surface area contributed by atoms with Gasteiger partial charge in [0, 0.05) is 34.7 Å². The second kappa shape index (κ2) is 9.03. The zero-order valence-electron chi connectivity index (χ0n) is 17.3. The van der Waals surface area contributed by atoms with E-state index in [1.165, 1.54) is 12.8 Å². The molecule has 2 rings (SSSR count). The van der Waals surface area contributed by atoms with Crippen molar-refractivity contribution < 1.29 is 0 Å². The molecule has 1 nitrogen and oxygen atoms in total. The van der Waals surface area contributed by atoms with E-state index in [0.29, 0.717) is 0 Å². The Bertz CT molecular complexity index is 547. The van der Waals surface area contributed by atoms with Crippen LogP contribution in [0.5, 0.6) is 0 Å². The van der Waals surface area contributed by atoms with Crippen LogP contribution in [-0.4, -0.2) is 4.57 Å². The largest absolute Gasteiger partial charge is 0.349 e. The number of hydrogen-bond donors (Lipinski definition) is 0. The quantitative estimate of drug-likeness (QED) is 0.489. The van der Waals surface area contributed by atoms with E-state index in [-0.39, 0.29) is 16.4 Å². The summed E-state index contributed by atoms with van der Waals surface area (Å²) >= 11 is 0. The first-order chi connectivity index (χ1) is 10.7. The zero-order valence-corrected chi connectivity index (χ0v) is 17.3. The predicted octanol–water partition coefficient (Wildman–Crippen LogP) is 6.35. The molecule has 1 aromatic heterocycles. The maximum Gasteiger partial charge on any atom is 0.0355 e. The molecule has 0 N–H and O–H groups in total. The summed E-state index contributed by atoms with van der Waals surface area (Å²) in [6, 6.07) is 4.09. The first kappa shape index (κ1) is 22.4. The lowest BCUT2D eigenvalue weighted by molar-refractivity contribution is 0.398. The van der Waals surface area contributed by atoms with Crippen LogP contribution in [0.15, 0.2) is 24.5 Å². The molecular formula is C23H37N. The molecule has 1 heterocycles. The maximum atomic E-state index is 5.06. The molecule has 0 atom stereocenters. The van der Waals surface area contributed by atoms with Gasteiger partial charge >= 0.3 is 0 Å². The van der Waals surface area contributed by atoms with Gasteiger partial charge in [0.05, 0.1) is 0 Å². The topological polar surface area (TPSA) is 4.93 Å². The van der Waals surface area contributed by atoms with Crippen molar-refractivity contribution in [3.63, 3.8) is 0 Å². The first-order valence-electron chi connectivity index (χ1n) is 8.88. The molecule has 1 heteroatoms. The molecule has 0 radical (unpaired) electrons.